The van der Waals surface area contributed by atoms with E-state index in [9.17, 15) is 108 Å². The molecular weight excluding hydrogens is 2000 g/mol. The Labute approximate surface area is 788 Å². The maximum Gasteiger partial charge on any atom is 0.416 e. The van der Waals surface area contributed by atoms with Crippen LogP contribution in [0.4, 0.5) is 61.5 Å². The summed E-state index contributed by atoms with van der Waals surface area (Å²) in [5.41, 5.74) is -3.51. The SMILES string of the molecule is COC(=O)CC[C@@H]1CC[C@@]2(S(=O)(=O)c3ccc(Cl)cc3)c3c(F)ccc(F)c3OC[C@H]2C1.CS(=O)(=O)CC[C@@H]1CC[C@@]2(S(=O)(=O)c3ccc(C(F)(F)F)cc3)c3c(F)ccc(F)c3OC[C@H]2C1.CS(=O)(=O)CC[C@@H]1CC[C@@]2(S(=O)(=O)c3ccc(Cl)cc3)c3c(F)ccc(F)c3OC[C@H]2C1.O=S(=O)(CC[C@@H]1CC[C@@]2(S(=O)(=O)c3ccc(C(F)(F)F)cc3)c3c(F)ccc(F)c3OC[C@H]2C1)C1CC1. The van der Waals surface area contributed by atoms with Gasteiger partial charge in [0.2, 0.25) is 0 Å². The number of sulfone groups is 7. The van der Waals surface area contributed by atoms with Crippen molar-refractivity contribution in [1.29, 1.82) is 0 Å². The van der Waals surface area contributed by atoms with Crippen LogP contribution in [0, 0.1) is 93.9 Å². The van der Waals surface area contributed by atoms with Crippen molar-refractivity contribution in [2.75, 3.05) is 63.3 Å². The second-order valence-electron chi connectivity index (χ2n) is 36.4. The smallest absolute Gasteiger partial charge is 0.416 e. The summed E-state index contributed by atoms with van der Waals surface area (Å²) in [7, 11) is -25.8. The Morgan fingerprint density at radius 2 is 0.581 bits per heavy atom. The summed E-state index contributed by atoms with van der Waals surface area (Å²) in [4.78, 5) is 10.7. The molecule has 12 atom stereocenters. The van der Waals surface area contributed by atoms with E-state index >= 15 is 17.6 Å². The lowest BCUT2D eigenvalue weighted by molar-refractivity contribution is -0.141. The maximum atomic E-state index is 15.3. The van der Waals surface area contributed by atoms with E-state index in [2.05, 4.69) is 0 Å². The Morgan fingerprint density at radius 3 is 0.816 bits per heavy atom. The van der Waals surface area contributed by atoms with Crippen LogP contribution in [0.2, 0.25) is 10.0 Å². The van der Waals surface area contributed by atoms with Crippen molar-refractivity contribution >= 4 is 98.0 Å². The fourth-order valence-corrected chi connectivity index (χ4v) is 34.4. The molecular formula is C93H94Cl2F14O20S7. The molecule has 0 bridgehead atoms. The van der Waals surface area contributed by atoms with Crippen LogP contribution < -0.4 is 18.9 Å². The van der Waals surface area contributed by atoms with Crippen LogP contribution in [0.5, 0.6) is 23.0 Å². The molecule has 0 saturated heterocycles. The van der Waals surface area contributed by atoms with Crippen molar-refractivity contribution in [3.8, 4) is 23.0 Å². The van der Waals surface area contributed by atoms with Crippen LogP contribution in [-0.4, -0.2) is 133 Å². The standard InChI is InChI=1S/C25H25F5O5S2.C23H23ClF2O5S.C23H23F5O5S2.C22H23ClF2O5S2/c26-20-7-8-21(27)23-22(20)24(37(33,34)19-3-1-16(2-4-19)25(28,29)30)11-9-15(13-17(24)14-35-23)10-12-36(31,32)18-5-6-18;1-30-20(27)9-2-14-10-11-23(32(28,29)17-5-3-16(24)4-6-17)15(12-14)13-31-22-19(26)8-7-18(25)21(22)23;1-34(29,30)11-9-14-8-10-22(35(31,32)17-4-2-15(3-5-17)23(26,27)28)16(12-14)13-33-21-19(25)7-6-18(24)20(21)22;1-31(26,27)11-9-14-8-10-22(32(28,29)17-4-2-16(23)3-5-17)15(12-14)13-30-21-19(25)7-6-18(24)20(21)22/h1-4,7-8,15,17-18H,5-6,9-14H2;3-8,14-15H,2,9-13H2,1H3;2-7,14,16H,8-13H2,1H3;2-7,14-15H,8-13H2,1H3/t15-,17+,24-;14-,15-,23+;14-,16+,22-;14-,15+,22-/m0100/s1. The second-order valence-corrected chi connectivity index (χ2v) is 53.0. The van der Waals surface area contributed by atoms with Gasteiger partial charge < -0.3 is 23.7 Å². The summed E-state index contributed by atoms with van der Waals surface area (Å²) >= 11 is 11.9. The fraction of sp³-hybridized carbons (Fsp3) is 0.473. The quantitative estimate of drug-likeness (QED) is 0.0477. The van der Waals surface area contributed by atoms with Crippen molar-refractivity contribution in [2.24, 2.45) is 47.3 Å². The van der Waals surface area contributed by atoms with E-state index in [-0.39, 0.29) is 175 Å². The Kier molecular flexibility index (Phi) is 29.6. The molecule has 0 unspecified atom stereocenters. The van der Waals surface area contributed by atoms with Crippen LogP contribution in [0.3, 0.4) is 0 Å². The summed E-state index contributed by atoms with van der Waals surface area (Å²) in [6.45, 7) is -0.674. The number of hydrogen-bond acceptors (Lipinski definition) is 20. The van der Waals surface area contributed by atoms with Gasteiger partial charge in [0.05, 0.1) is 109 Å². The van der Waals surface area contributed by atoms with Gasteiger partial charge in [0.25, 0.3) is 0 Å². The lowest BCUT2D eigenvalue weighted by atomic mass is 9.68. The van der Waals surface area contributed by atoms with E-state index in [0.29, 0.717) is 92.1 Å². The van der Waals surface area contributed by atoms with Crippen molar-refractivity contribution in [3.63, 3.8) is 0 Å². The highest BCUT2D eigenvalue weighted by molar-refractivity contribution is 7.94. The number of hydrogen-bond donors (Lipinski definition) is 0. The van der Waals surface area contributed by atoms with Crippen molar-refractivity contribution < 1.29 is 149 Å². The van der Waals surface area contributed by atoms with Crippen LogP contribution in [0.15, 0.2) is 165 Å². The zero-order chi connectivity index (χ0) is 99.0. The van der Waals surface area contributed by atoms with Gasteiger partial charge in [-0.1, -0.05) is 23.2 Å². The molecule has 0 N–H and O–H groups in total. The lowest BCUT2D eigenvalue weighted by Crippen LogP contribution is -2.52. The number of methoxy groups -OCH3 is 1. The molecule has 0 radical (unpaired) electrons. The molecule has 20 nitrogen and oxygen atoms in total. The number of ether oxygens (including phenoxy) is 5. The van der Waals surface area contributed by atoms with Crippen LogP contribution in [-0.2, 0) is 110 Å². The number of alkyl halides is 6. The van der Waals surface area contributed by atoms with Crippen molar-refractivity contribution in [3.05, 3.63) is 236 Å². The number of halogens is 16. The van der Waals surface area contributed by atoms with Gasteiger partial charge in [0, 0.05) is 52.6 Å². The van der Waals surface area contributed by atoms with Crippen LogP contribution in [0.1, 0.15) is 155 Å². The molecule has 5 aliphatic carbocycles. The van der Waals surface area contributed by atoms with E-state index in [1.807, 2.05) is 0 Å². The largest absolute Gasteiger partial charge is 0.490 e. The molecule has 5 fully saturated rings. The average molecular weight is 2090 g/mol. The van der Waals surface area contributed by atoms with E-state index in [4.69, 9.17) is 46.9 Å². The molecule has 4 heterocycles. The van der Waals surface area contributed by atoms with E-state index in [1.165, 1.54) is 55.6 Å². The monoisotopic (exact) mass is 2090 g/mol. The molecule has 43 heteroatoms. The highest BCUT2D eigenvalue weighted by atomic mass is 35.5. The third kappa shape index (κ3) is 19.9. The molecule has 0 aromatic heterocycles. The summed E-state index contributed by atoms with van der Waals surface area (Å²) in [5.74, 6) is -12.7. The Hall–Kier alpha value is -8.32. The first kappa shape index (κ1) is 104. The maximum absolute atomic E-state index is 15.3. The van der Waals surface area contributed by atoms with Crippen molar-refractivity contribution in [1.82, 2.24) is 0 Å². The highest BCUT2D eigenvalue weighted by Crippen LogP contribution is 2.64. The highest BCUT2D eigenvalue weighted by Gasteiger charge is 2.65. The number of carbonyl (C=O) groups is 1. The number of carbonyl (C=O) groups excluding carboxylic acids is 1. The first-order valence-corrected chi connectivity index (χ1v) is 56.1. The van der Waals surface area contributed by atoms with Gasteiger partial charge in [0.15, 0.2) is 95.5 Å². The first-order valence-electron chi connectivity index (χ1n) is 43.5. The summed E-state index contributed by atoms with van der Waals surface area (Å²) in [6, 6.07) is 24.2. The van der Waals surface area contributed by atoms with Crippen LogP contribution >= 0.6 is 23.2 Å². The normalized spacial score (nSPS) is 25.3. The number of esters is 1. The minimum atomic E-state index is -4.68. The Balaban J connectivity index is 0.000000145. The zero-order valence-electron chi connectivity index (χ0n) is 73.0. The molecule has 0 amide bonds. The molecule has 5 saturated carbocycles. The predicted molar refractivity (Wildman–Crippen MR) is 473 cm³/mol. The van der Waals surface area contributed by atoms with Gasteiger partial charge in [-0.3, -0.25) is 4.79 Å². The lowest BCUT2D eigenvalue weighted by Gasteiger charge is -2.49. The summed E-state index contributed by atoms with van der Waals surface area (Å²) < 4.78 is 401. The summed E-state index contributed by atoms with van der Waals surface area (Å²) in [5, 5.41) is 0.401. The topological polar surface area (TPSA) is 302 Å². The third-order valence-corrected chi connectivity index (χ3v) is 43.3. The first-order chi connectivity index (χ1) is 63.6. The molecule has 8 aromatic carbocycles. The van der Waals surface area contributed by atoms with Gasteiger partial charge in [-0.05, 0) is 285 Å². The van der Waals surface area contributed by atoms with Gasteiger partial charge in [-0.25, -0.2) is 94.0 Å². The molecule has 0 spiro atoms. The Morgan fingerprint density at radius 1 is 0.346 bits per heavy atom. The van der Waals surface area contributed by atoms with Gasteiger partial charge in [-0.15, -0.1) is 0 Å². The van der Waals surface area contributed by atoms with Crippen molar-refractivity contribution in [2.45, 2.75) is 178 Å². The zero-order valence-corrected chi connectivity index (χ0v) is 80.2. The fourth-order valence-electron chi connectivity index (χ4n) is 21.3. The number of rotatable bonds is 21. The second kappa shape index (κ2) is 38.9. The average Bonchev–Trinajstić information content (AvgIpc) is 1.17. The van der Waals surface area contributed by atoms with Gasteiger partial charge >= 0.3 is 18.3 Å². The minimum Gasteiger partial charge on any atom is -0.490 e. The molecule has 9 aliphatic rings. The Bertz CT molecular complexity index is 6750. The van der Waals surface area contributed by atoms with E-state index < -0.39 is 214 Å². The molecule has 17 rings (SSSR count). The number of benzene rings is 8. The molecule has 4 aliphatic heterocycles. The molecule has 136 heavy (non-hydrogen) atoms. The van der Waals surface area contributed by atoms with E-state index in [0.717, 1.165) is 85.3 Å². The molecule has 8 aromatic rings. The van der Waals surface area contributed by atoms with Crippen LogP contribution in [0.25, 0.3) is 0 Å². The predicted octanol–water partition coefficient (Wildman–Crippen LogP) is 19.9. The van der Waals surface area contributed by atoms with Gasteiger partial charge in [-0.2, -0.15) is 26.3 Å². The van der Waals surface area contributed by atoms with E-state index in [1.54, 1.807) is 0 Å². The molecule has 740 valence electrons. The third-order valence-electron chi connectivity index (χ3n) is 28.2. The number of fused-ring (bicyclic) bond motifs is 12. The summed E-state index contributed by atoms with van der Waals surface area (Å²) in [6.07, 6.45) is -1.98. The van der Waals surface area contributed by atoms with Gasteiger partial charge in [0.1, 0.15) is 61.9 Å². The minimum absolute atomic E-state index is 0.00331.